The molecule has 2 aromatic rings. The Balaban J connectivity index is 1.92. The van der Waals surface area contributed by atoms with Crippen molar-refractivity contribution in [2.24, 2.45) is 0 Å². The van der Waals surface area contributed by atoms with E-state index in [0.717, 1.165) is 17.5 Å². The molecule has 0 saturated heterocycles. The molecule has 0 bridgehead atoms. The van der Waals surface area contributed by atoms with Crippen molar-refractivity contribution in [2.75, 3.05) is 0 Å². The van der Waals surface area contributed by atoms with Crippen molar-refractivity contribution in [3.8, 4) is 0 Å². The van der Waals surface area contributed by atoms with Crippen LogP contribution in [0.5, 0.6) is 0 Å². The average molecular weight is 336 g/mol. The predicted octanol–water partition coefficient (Wildman–Crippen LogP) is 3.61. The topological polar surface area (TPSA) is 49.4 Å². The molecule has 1 aliphatic rings. The molecule has 0 spiro atoms. The maximum atomic E-state index is 12.9. The number of aryl methyl sites for hydroxylation is 1. The van der Waals surface area contributed by atoms with E-state index >= 15 is 0 Å². The Hall–Kier alpha value is -2.62. The molecule has 3 rings (SSSR count). The predicted molar refractivity (Wildman–Crippen MR) is 98.1 cm³/mol. The van der Waals surface area contributed by atoms with Gasteiger partial charge in [-0.05, 0) is 37.5 Å². The van der Waals surface area contributed by atoms with Crippen LogP contribution >= 0.6 is 0 Å². The number of hydrogen-bond acceptors (Lipinski definition) is 2. The minimum absolute atomic E-state index is 0.0802. The number of rotatable bonds is 5. The first kappa shape index (κ1) is 17.2. The SMILES string of the molecule is CCC(C)NC(=O)C1c2ccccc2C(=O)N1Cc1ccc(C)cc1. The van der Waals surface area contributed by atoms with Gasteiger partial charge < -0.3 is 10.2 Å². The van der Waals surface area contributed by atoms with Crippen LogP contribution < -0.4 is 5.32 Å². The van der Waals surface area contributed by atoms with Crippen LogP contribution in [0.3, 0.4) is 0 Å². The third-order valence-corrected chi connectivity index (χ3v) is 4.78. The van der Waals surface area contributed by atoms with Gasteiger partial charge in [-0.2, -0.15) is 0 Å². The van der Waals surface area contributed by atoms with Gasteiger partial charge in [0.1, 0.15) is 6.04 Å². The summed E-state index contributed by atoms with van der Waals surface area (Å²) in [6.07, 6.45) is 0.853. The van der Waals surface area contributed by atoms with Gasteiger partial charge in [-0.15, -0.1) is 0 Å². The summed E-state index contributed by atoms with van der Waals surface area (Å²) < 4.78 is 0. The number of fused-ring (bicyclic) bond motifs is 1. The molecule has 4 nitrogen and oxygen atoms in total. The summed E-state index contributed by atoms with van der Waals surface area (Å²) in [4.78, 5) is 27.4. The Morgan fingerprint density at radius 2 is 1.84 bits per heavy atom. The molecule has 1 aliphatic heterocycles. The second-order valence-corrected chi connectivity index (χ2v) is 6.73. The van der Waals surface area contributed by atoms with Crippen molar-refractivity contribution in [3.63, 3.8) is 0 Å². The molecule has 0 fully saturated rings. The second-order valence-electron chi connectivity index (χ2n) is 6.73. The smallest absolute Gasteiger partial charge is 0.255 e. The quantitative estimate of drug-likeness (QED) is 0.907. The molecule has 1 heterocycles. The third kappa shape index (κ3) is 3.43. The van der Waals surface area contributed by atoms with Gasteiger partial charge in [0.25, 0.3) is 5.91 Å². The summed E-state index contributed by atoms with van der Waals surface area (Å²) in [5.74, 6) is -0.194. The molecule has 0 saturated carbocycles. The molecule has 1 N–H and O–H groups in total. The fourth-order valence-electron chi connectivity index (χ4n) is 3.13. The second kappa shape index (κ2) is 7.09. The van der Waals surface area contributed by atoms with Crippen molar-refractivity contribution in [1.29, 1.82) is 0 Å². The lowest BCUT2D eigenvalue weighted by atomic mass is 10.0. The molecule has 2 unspecified atom stereocenters. The highest BCUT2D eigenvalue weighted by atomic mass is 16.2. The van der Waals surface area contributed by atoms with Gasteiger partial charge in [-0.25, -0.2) is 0 Å². The molecule has 0 aromatic heterocycles. The fourth-order valence-corrected chi connectivity index (χ4v) is 3.13. The molecule has 2 aromatic carbocycles. The summed E-state index contributed by atoms with van der Waals surface area (Å²) >= 11 is 0. The first-order chi connectivity index (χ1) is 12.0. The van der Waals surface area contributed by atoms with Crippen LogP contribution in [0, 0.1) is 6.92 Å². The van der Waals surface area contributed by atoms with Crippen LogP contribution in [0.4, 0.5) is 0 Å². The first-order valence-corrected chi connectivity index (χ1v) is 8.77. The highest BCUT2D eigenvalue weighted by molar-refractivity contribution is 6.04. The largest absolute Gasteiger partial charge is 0.352 e. The zero-order valence-corrected chi connectivity index (χ0v) is 15.0. The molecule has 130 valence electrons. The van der Waals surface area contributed by atoms with Crippen LogP contribution in [0.2, 0.25) is 0 Å². The number of amides is 2. The van der Waals surface area contributed by atoms with Crippen molar-refractivity contribution < 1.29 is 9.59 Å². The van der Waals surface area contributed by atoms with Crippen molar-refractivity contribution >= 4 is 11.8 Å². The summed E-state index contributed by atoms with van der Waals surface area (Å²) in [6.45, 7) is 6.46. The summed E-state index contributed by atoms with van der Waals surface area (Å²) in [6, 6.07) is 15.0. The van der Waals surface area contributed by atoms with Gasteiger partial charge in [0, 0.05) is 18.2 Å². The van der Waals surface area contributed by atoms with Crippen molar-refractivity contribution in [3.05, 3.63) is 70.8 Å². The van der Waals surface area contributed by atoms with E-state index in [2.05, 4.69) is 5.32 Å². The summed E-state index contributed by atoms with van der Waals surface area (Å²) in [5.41, 5.74) is 3.61. The van der Waals surface area contributed by atoms with Crippen LogP contribution in [0.15, 0.2) is 48.5 Å². The lowest BCUT2D eigenvalue weighted by Gasteiger charge is -2.26. The average Bonchev–Trinajstić information content (AvgIpc) is 2.89. The monoisotopic (exact) mass is 336 g/mol. The van der Waals surface area contributed by atoms with Crippen LogP contribution in [-0.2, 0) is 11.3 Å². The third-order valence-electron chi connectivity index (χ3n) is 4.78. The molecule has 4 heteroatoms. The van der Waals surface area contributed by atoms with Gasteiger partial charge in [-0.1, -0.05) is 55.0 Å². The Kier molecular flexibility index (Phi) is 4.88. The van der Waals surface area contributed by atoms with Gasteiger partial charge in [0.15, 0.2) is 0 Å². The normalized spacial score (nSPS) is 17.3. The lowest BCUT2D eigenvalue weighted by Crippen LogP contribution is -2.42. The summed E-state index contributed by atoms with van der Waals surface area (Å²) in [7, 11) is 0. The molecule has 2 atom stereocenters. The van der Waals surface area contributed by atoms with Crippen molar-refractivity contribution in [1.82, 2.24) is 10.2 Å². The van der Waals surface area contributed by atoms with E-state index < -0.39 is 6.04 Å². The molecule has 25 heavy (non-hydrogen) atoms. The number of nitrogens with one attached hydrogen (secondary N) is 1. The van der Waals surface area contributed by atoms with E-state index in [1.165, 1.54) is 5.56 Å². The molecule has 0 aliphatic carbocycles. The van der Waals surface area contributed by atoms with Gasteiger partial charge in [0.05, 0.1) is 0 Å². The van der Waals surface area contributed by atoms with Gasteiger partial charge in [-0.3, -0.25) is 9.59 Å². The standard InChI is InChI=1S/C21H24N2O2/c1-4-15(3)22-20(24)19-17-7-5-6-8-18(17)21(25)23(19)13-16-11-9-14(2)10-12-16/h5-12,15,19H,4,13H2,1-3H3,(H,22,24). The van der Waals surface area contributed by atoms with Crippen LogP contribution in [0.25, 0.3) is 0 Å². The molecule has 0 radical (unpaired) electrons. The lowest BCUT2D eigenvalue weighted by molar-refractivity contribution is -0.126. The first-order valence-electron chi connectivity index (χ1n) is 8.77. The zero-order valence-electron chi connectivity index (χ0n) is 15.0. The van der Waals surface area contributed by atoms with E-state index in [4.69, 9.17) is 0 Å². The minimum atomic E-state index is -0.570. The van der Waals surface area contributed by atoms with Gasteiger partial charge >= 0.3 is 0 Å². The molecular weight excluding hydrogens is 312 g/mol. The maximum absolute atomic E-state index is 12.9. The van der Waals surface area contributed by atoms with E-state index in [-0.39, 0.29) is 17.9 Å². The summed E-state index contributed by atoms with van der Waals surface area (Å²) in [5, 5.41) is 3.02. The van der Waals surface area contributed by atoms with E-state index in [9.17, 15) is 9.59 Å². The van der Waals surface area contributed by atoms with Gasteiger partial charge in [0.2, 0.25) is 5.91 Å². The fraction of sp³-hybridized carbons (Fsp3) is 0.333. The Morgan fingerprint density at radius 3 is 2.52 bits per heavy atom. The number of nitrogens with zero attached hydrogens (tertiary/aromatic N) is 1. The highest BCUT2D eigenvalue weighted by Crippen LogP contribution is 2.35. The van der Waals surface area contributed by atoms with E-state index in [0.29, 0.717) is 12.1 Å². The van der Waals surface area contributed by atoms with Crippen LogP contribution in [0.1, 0.15) is 53.4 Å². The van der Waals surface area contributed by atoms with E-state index in [1.807, 2.05) is 63.2 Å². The Bertz CT molecular complexity index is 783. The number of carbonyl (C=O) groups excluding carboxylic acids is 2. The Labute approximate surface area is 148 Å². The molecular formula is C21H24N2O2. The van der Waals surface area contributed by atoms with Crippen molar-refractivity contribution in [2.45, 2.75) is 45.8 Å². The zero-order chi connectivity index (χ0) is 18.0. The van der Waals surface area contributed by atoms with E-state index in [1.54, 1.807) is 11.0 Å². The number of carbonyl (C=O) groups is 2. The number of hydrogen-bond donors (Lipinski definition) is 1. The Morgan fingerprint density at radius 1 is 1.16 bits per heavy atom. The van der Waals surface area contributed by atoms with Crippen LogP contribution in [-0.4, -0.2) is 22.8 Å². The number of benzene rings is 2. The highest BCUT2D eigenvalue weighted by Gasteiger charge is 2.40. The minimum Gasteiger partial charge on any atom is -0.352 e. The maximum Gasteiger partial charge on any atom is 0.255 e. The molecule has 2 amide bonds.